The minimum atomic E-state index is -0.896. The summed E-state index contributed by atoms with van der Waals surface area (Å²) in [4.78, 5) is 22.5. The van der Waals surface area contributed by atoms with Crippen LogP contribution in [0.15, 0.2) is 0 Å². The number of carboxylic acids is 2. The van der Waals surface area contributed by atoms with Crippen LogP contribution in [0.25, 0.3) is 0 Å². The van der Waals surface area contributed by atoms with Crippen LogP contribution in [0.4, 0.5) is 0 Å². The molecule has 0 amide bonds. The number of carboxylic acid groups (broad SMARTS) is 2. The van der Waals surface area contributed by atoms with E-state index in [0.29, 0.717) is 11.8 Å². The zero-order valence-corrected chi connectivity index (χ0v) is 9.00. The van der Waals surface area contributed by atoms with Crippen molar-refractivity contribution in [3.05, 3.63) is 0 Å². The molecule has 4 fully saturated rings. The van der Waals surface area contributed by atoms with E-state index in [1.807, 2.05) is 0 Å². The van der Waals surface area contributed by atoms with Crippen LogP contribution in [-0.4, -0.2) is 22.2 Å². The summed E-state index contributed by atoms with van der Waals surface area (Å²) in [6.07, 6.45) is 4.07. The Hall–Kier alpha value is -1.06. The lowest BCUT2D eigenvalue weighted by atomic mass is 9.44. The van der Waals surface area contributed by atoms with Crippen molar-refractivity contribution in [3.63, 3.8) is 0 Å². The van der Waals surface area contributed by atoms with E-state index in [1.54, 1.807) is 0 Å². The first kappa shape index (κ1) is 10.1. The molecule has 4 aliphatic rings. The first-order chi connectivity index (χ1) is 7.61. The first-order valence-electron chi connectivity index (χ1n) is 6.07. The lowest BCUT2D eigenvalue weighted by Gasteiger charge is -2.59. The van der Waals surface area contributed by atoms with E-state index in [1.165, 1.54) is 0 Å². The van der Waals surface area contributed by atoms with E-state index in [-0.39, 0.29) is 11.8 Å². The number of carbonyl (C=O) groups is 2. The fourth-order valence-electron chi connectivity index (χ4n) is 4.53. The summed E-state index contributed by atoms with van der Waals surface area (Å²) >= 11 is 0. The van der Waals surface area contributed by atoms with Crippen molar-refractivity contribution in [2.45, 2.75) is 25.7 Å². The van der Waals surface area contributed by atoms with Gasteiger partial charge in [-0.3, -0.25) is 9.59 Å². The van der Waals surface area contributed by atoms with Gasteiger partial charge in [0.05, 0.1) is 11.8 Å². The molecule has 4 aliphatic carbocycles. The molecule has 4 nitrogen and oxygen atoms in total. The van der Waals surface area contributed by atoms with E-state index >= 15 is 0 Å². The fraction of sp³-hybridized carbons (Fsp3) is 0.833. The normalized spacial score (nSPS) is 49.2. The van der Waals surface area contributed by atoms with Gasteiger partial charge < -0.3 is 10.2 Å². The third-order valence-electron chi connectivity index (χ3n) is 5.20. The van der Waals surface area contributed by atoms with Gasteiger partial charge in [0.15, 0.2) is 0 Å². The molecule has 0 aromatic carbocycles. The SMILES string of the molecule is O=C(O)[C@@H]1[C@H]2CC[C@@H]([C@H]3CC[C@H]32)[C@H]1C(=O)O. The summed E-state index contributed by atoms with van der Waals surface area (Å²) in [5.74, 6) is -1.77. The van der Waals surface area contributed by atoms with E-state index < -0.39 is 23.8 Å². The third kappa shape index (κ3) is 1.10. The number of rotatable bonds is 2. The second kappa shape index (κ2) is 3.22. The Bertz CT molecular complexity index is 317. The molecule has 88 valence electrons. The van der Waals surface area contributed by atoms with E-state index in [0.717, 1.165) is 25.7 Å². The number of hydrogen-bond donors (Lipinski definition) is 2. The molecule has 6 atom stereocenters. The van der Waals surface area contributed by atoms with Crippen molar-refractivity contribution in [2.24, 2.45) is 35.5 Å². The topological polar surface area (TPSA) is 74.6 Å². The van der Waals surface area contributed by atoms with Crippen LogP contribution in [0, 0.1) is 35.5 Å². The molecule has 4 heteroatoms. The average Bonchev–Trinajstić information content (AvgIpc) is 2.15. The van der Waals surface area contributed by atoms with Gasteiger partial charge >= 0.3 is 11.9 Å². The van der Waals surface area contributed by atoms with Crippen LogP contribution < -0.4 is 0 Å². The number of fused-ring (bicyclic) bond motifs is 2. The maximum Gasteiger partial charge on any atom is 0.307 e. The highest BCUT2D eigenvalue weighted by Crippen LogP contribution is 2.62. The van der Waals surface area contributed by atoms with Gasteiger partial charge in [-0.15, -0.1) is 0 Å². The summed E-state index contributed by atoms with van der Waals surface area (Å²) < 4.78 is 0. The largest absolute Gasteiger partial charge is 0.481 e. The van der Waals surface area contributed by atoms with Gasteiger partial charge in [0.2, 0.25) is 0 Å². The molecular weight excluding hydrogens is 208 g/mol. The Morgan fingerprint density at radius 1 is 0.688 bits per heavy atom. The fourth-order valence-corrected chi connectivity index (χ4v) is 4.53. The number of aliphatic carboxylic acids is 2. The lowest BCUT2D eigenvalue weighted by molar-refractivity contribution is -0.185. The average molecular weight is 224 g/mol. The summed E-state index contributed by atoms with van der Waals surface area (Å²) in [7, 11) is 0. The van der Waals surface area contributed by atoms with Crippen LogP contribution >= 0.6 is 0 Å². The van der Waals surface area contributed by atoms with Crippen LogP contribution in [-0.2, 0) is 9.59 Å². The summed E-state index contributed by atoms with van der Waals surface area (Å²) in [6.45, 7) is 0. The predicted molar refractivity (Wildman–Crippen MR) is 54.7 cm³/mol. The predicted octanol–water partition coefficient (Wildman–Crippen LogP) is 1.45. The molecule has 0 saturated heterocycles. The van der Waals surface area contributed by atoms with Gasteiger partial charge in [-0.1, -0.05) is 0 Å². The third-order valence-corrected chi connectivity index (χ3v) is 5.20. The van der Waals surface area contributed by atoms with Gasteiger partial charge in [0.25, 0.3) is 0 Å². The van der Waals surface area contributed by atoms with Crippen molar-refractivity contribution in [2.75, 3.05) is 0 Å². The molecule has 0 spiro atoms. The molecule has 4 saturated carbocycles. The Morgan fingerprint density at radius 3 is 1.25 bits per heavy atom. The van der Waals surface area contributed by atoms with Crippen LogP contribution in [0.3, 0.4) is 0 Å². The zero-order valence-electron chi connectivity index (χ0n) is 9.00. The van der Waals surface area contributed by atoms with Crippen LogP contribution in [0.5, 0.6) is 0 Å². The van der Waals surface area contributed by atoms with Gasteiger partial charge in [0, 0.05) is 0 Å². The smallest absolute Gasteiger partial charge is 0.307 e. The van der Waals surface area contributed by atoms with E-state index in [9.17, 15) is 19.8 Å². The molecule has 0 aromatic heterocycles. The van der Waals surface area contributed by atoms with Crippen molar-refractivity contribution < 1.29 is 19.8 Å². The maximum absolute atomic E-state index is 11.3. The van der Waals surface area contributed by atoms with E-state index in [2.05, 4.69) is 0 Å². The molecule has 0 unspecified atom stereocenters. The van der Waals surface area contributed by atoms with Crippen LogP contribution in [0.1, 0.15) is 25.7 Å². The molecule has 0 aliphatic heterocycles. The Balaban J connectivity index is 1.97. The minimum Gasteiger partial charge on any atom is -0.481 e. The highest BCUT2D eigenvalue weighted by Gasteiger charge is 2.61. The van der Waals surface area contributed by atoms with E-state index in [4.69, 9.17) is 0 Å². The van der Waals surface area contributed by atoms with Crippen molar-refractivity contribution in [1.82, 2.24) is 0 Å². The summed E-state index contributed by atoms with van der Waals surface area (Å²) in [5, 5.41) is 18.5. The molecular formula is C12H16O4. The molecule has 2 N–H and O–H groups in total. The standard InChI is InChI=1S/C12H16O4/c13-11(14)9-7-3-4-8(10(9)12(15)16)6-2-1-5(6)7/h5-10H,1-4H2,(H,13,14)(H,15,16)/t5-,6+,7-,8-,9+,10+/m0/s1. The summed E-state index contributed by atoms with van der Waals surface area (Å²) in [6, 6.07) is 0. The van der Waals surface area contributed by atoms with Crippen LogP contribution in [0.2, 0.25) is 0 Å². The summed E-state index contributed by atoms with van der Waals surface area (Å²) in [5.41, 5.74) is 0. The molecule has 0 aromatic rings. The molecule has 0 radical (unpaired) electrons. The Morgan fingerprint density at radius 2 is 1.00 bits per heavy atom. The Labute approximate surface area is 93.6 Å². The lowest BCUT2D eigenvalue weighted by Crippen LogP contribution is -2.58. The molecule has 0 heterocycles. The van der Waals surface area contributed by atoms with Crippen molar-refractivity contribution >= 4 is 11.9 Å². The Kier molecular flexibility index (Phi) is 2.03. The monoisotopic (exact) mass is 224 g/mol. The molecule has 4 rings (SSSR count). The van der Waals surface area contributed by atoms with Crippen molar-refractivity contribution in [3.8, 4) is 0 Å². The van der Waals surface area contributed by atoms with Gasteiger partial charge in [-0.2, -0.15) is 0 Å². The zero-order chi connectivity index (χ0) is 11.4. The minimum absolute atomic E-state index is 0.127. The first-order valence-corrected chi connectivity index (χ1v) is 6.07. The second-order valence-electron chi connectivity index (χ2n) is 5.54. The number of hydrogen-bond acceptors (Lipinski definition) is 2. The molecule has 16 heavy (non-hydrogen) atoms. The highest BCUT2D eigenvalue weighted by molar-refractivity contribution is 5.81. The molecule has 2 bridgehead atoms. The highest BCUT2D eigenvalue weighted by atomic mass is 16.4. The van der Waals surface area contributed by atoms with Gasteiger partial charge in [0.1, 0.15) is 0 Å². The van der Waals surface area contributed by atoms with Gasteiger partial charge in [-0.25, -0.2) is 0 Å². The quantitative estimate of drug-likeness (QED) is 0.744. The van der Waals surface area contributed by atoms with Crippen molar-refractivity contribution in [1.29, 1.82) is 0 Å². The van der Waals surface area contributed by atoms with Gasteiger partial charge in [-0.05, 0) is 49.4 Å². The second-order valence-corrected chi connectivity index (χ2v) is 5.54. The maximum atomic E-state index is 11.3.